The zero-order chi connectivity index (χ0) is 19.0. The lowest BCUT2D eigenvalue weighted by Gasteiger charge is -2.04. The van der Waals surface area contributed by atoms with E-state index in [0.717, 1.165) is 11.1 Å². The van der Waals surface area contributed by atoms with Crippen molar-refractivity contribution in [2.75, 3.05) is 0 Å². The Hall–Kier alpha value is -3.32. The lowest BCUT2D eigenvalue weighted by atomic mass is 10.1. The van der Waals surface area contributed by atoms with Crippen molar-refractivity contribution in [2.24, 2.45) is 0 Å². The summed E-state index contributed by atoms with van der Waals surface area (Å²) >= 11 is 1.27. The molecule has 0 radical (unpaired) electrons. The summed E-state index contributed by atoms with van der Waals surface area (Å²) in [5, 5.41) is 4.32. The highest BCUT2D eigenvalue weighted by Crippen LogP contribution is 2.27. The van der Waals surface area contributed by atoms with Gasteiger partial charge in [0.05, 0.1) is 10.1 Å². The molecule has 2 aromatic carbocycles. The number of nitrogens with zero attached hydrogens (tertiary/aromatic N) is 3. The monoisotopic (exact) mass is 377 g/mol. The van der Waals surface area contributed by atoms with Crippen LogP contribution in [0.2, 0.25) is 0 Å². The van der Waals surface area contributed by atoms with Crippen molar-refractivity contribution in [3.8, 4) is 17.1 Å². The number of carbonyl (C=O) groups excluding carboxylic acids is 1. The van der Waals surface area contributed by atoms with Crippen molar-refractivity contribution in [3.05, 3.63) is 74.5 Å². The minimum atomic E-state index is -0.428. The first-order valence-corrected chi connectivity index (χ1v) is 9.09. The smallest absolute Gasteiger partial charge is 0.308 e. The van der Waals surface area contributed by atoms with Crippen LogP contribution in [0.25, 0.3) is 22.4 Å². The maximum atomic E-state index is 12.7. The second-order valence-corrected chi connectivity index (χ2v) is 7.06. The van der Waals surface area contributed by atoms with E-state index < -0.39 is 5.97 Å². The molecule has 0 aliphatic carbocycles. The van der Waals surface area contributed by atoms with E-state index in [9.17, 15) is 9.59 Å². The number of carbonyl (C=O) groups is 1. The maximum absolute atomic E-state index is 12.7. The number of thiazole rings is 1. The molecule has 4 aromatic rings. The topological polar surface area (TPSA) is 73.6 Å². The molecule has 0 amide bonds. The molecule has 0 spiro atoms. The average Bonchev–Trinajstić information content (AvgIpc) is 3.17. The summed E-state index contributed by atoms with van der Waals surface area (Å²) in [6.45, 7) is 3.35. The molecule has 0 aliphatic heterocycles. The molecular formula is C20H15N3O3S. The predicted molar refractivity (Wildman–Crippen MR) is 104 cm³/mol. The first kappa shape index (κ1) is 17.1. The lowest BCUT2D eigenvalue weighted by molar-refractivity contribution is -0.131. The van der Waals surface area contributed by atoms with Gasteiger partial charge in [0.25, 0.3) is 5.56 Å². The minimum absolute atomic E-state index is 0.223. The van der Waals surface area contributed by atoms with Gasteiger partial charge < -0.3 is 4.74 Å². The van der Waals surface area contributed by atoms with Crippen molar-refractivity contribution in [2.45, 2.75) is 13.8 Å². The van der Waals surface area contributed by atoms with Gasteiger partial charge in [-0.15, -0.1) is 5.10 Å². The van der Waals surface area contributed by atoms with Gasteiger partial charge in [0, 0.05) is 6.92 Å². The molecule has 6 nitrogen and oxygen atoms in total. The van der Waals surface area contributed by atoms with E-state index in [1.807, 2.05) is 37.3 Å². The summed E-state index contributed by atoms with van der Waals surface area (Å²) in [4.78, 5) is 28.9. The number of hydrogen-bond donors (Lipinski definition) is 0. The quantitative estimate of drug-likeness (QED) is 0.405. The van der Waals surface area contributed by atoms with Gasteiger partial charge >= 0.3 is 5.97 Å². The minimum Gasteiger partial charge on any atom is -0.426 e. The van der Waals surface area contributed by atoms with E-state index in [-0.39, 0.29) is 5.56 Å². The number of fused-ring (bicyclic) bond motifs is 1. The normalized spacial score (nSPS) is 11.9. The van der Waals surface area contributed by atoms with Crippen LogP contribution in [-0.2, 0) is 4.79 Å². The van der Waals surface area contributed by atoms with Crippen LogP contribution >= 0.6 is 11.3 Å². The fraction of sp³-hybridized carbons (Fsp3) is 0.100. The summed E-state index contributed by atoms with van der Waals surface area (Å²) in [7, 11) is 0. The van der Waals surface area contributed by atoms with E-state index >= 15 is 0 Å². The SMILES string of the molecule is CC(=O)Oc1ccccc1-c1nc2s/c(=C\c3ccc(C)cc3)c(=O)n2n1. The van der Waals surface area contributed by atoms with Crippen molar-refractivity contribution in [1.82, 2.24) is 14.6 Å². The Balaban J connectivity index is 1.79. The lowest BCUT2D eigenvalue weighted by Crippen LogP contribution is -2.23. The van der Waals surface area contributed by atoms with Crippen molar-refractivity contribution in [1.29, 1.82) is 0 Å². The van der Waals surface area contributed by atoms with Crippen molar-refractivity contribution in [3.63, 3.8) is 0 Å². The molecule has 0 unspecified atom stereocenters. The van der Waals surface area contributed by atoms with Crippen molar-refractivity contribution >= 4 is 28.3 Å². The molecule has 0 saturated heterocycles. The van der Waals surface area contributed by atoms with E-state index in [1.54, 1.807) is 24.3 Å². The van der Waals surface area contributed by atoms with Crippen LogP contribution in [0.4, 0.5) is 0 Å². The molecule has 0 saturated carbocycles. The van der Waals surface area contributed by atoms with Gasteiger partial charge in [-0.2, -0.15) is 9.50 Å². The molecular weight excluding hydrogens is 362 g/mol. The molecule has 7 heteroatoms. The number of benzene rings is 2. The molecule has 0 bridgehead atoms. The third-order valence-electron chi connectivity index (χ3n) is 3.94. The standard InChI is InChI=1S/C20H15N3O3S/c1-12-7-9-14(10-8-12)11-17-19(25)23-20(27-17)21-18(22-23)15-5-3-4-6-16(15)26-13(2)24/h3-11H,1-2H3/b17-11-. The number of para-hydroxylation sites is 1. The largest absolute Gasteiger partial charge is 0.426 e. The number of esters is 1. The molecule has 4 rings (SSSR count). The molecule has 0 fully saturated rings. The zero-order valence-electron chi connectivity index (χ0n) is 14.7. The molecule has 0 N–H and O–H groups in total. The highest BCUT2D eigenvalue weighted by atomic mass is 32.1. The Morgan fingerprint density at radius 3 is 2.59 bits per heavy atom. The van der Waals surface area contributed by atoms with Crippen LogP contribution in [0.3, 0.4) is 0 Å². The van der Waals surface area contributed by atoms with Crippen LogP contribution in [0.5, 0.6) is 5.75 Å². The Bertz CT molecular complexity index is 1260. The van der Waals surface area contributed by atoms with Crippen molar-refractivity contribution < 1.29 is 9.53 Å². The summed E-state index contributed by atoms with van der Waals surface area (Å²) in [5.74, 6) is 0.280. The highest BCUT2D eigenvalue weighted by Gasteiger charge is 2.16. The molecule has 2 aromatic heterocycles. The van der Waals surface area contributed by atoms with E-state index in [0.29, 0.717) is 26.6 Å². The molecule has 0 aliphatic rings. The van der Waals surface area contributed by atoms with Gasteiger partial charge in [0.1, 0.15) is 5.75 Å². The Morgan fingerprint density at radius 1 is 1.15 bits per heavy atom. The van der Waals surface area contributed by atoms with E-state index in [2.05, 4.69) is 10.1 Å². The number of ether oxygens (including phenoxy) is 1. The number of rotatable bonds is 3. The average molecular weight is 377 g/mol. The van der Waals surface area contributed by atoms with Crippen LogP contribution in [0.15, 0.2) is 53.3 Å². The van der Waals surface area contributed by atoms with Gasteiger partial charge in [0.15, 0.2) is 5.82 Å². The third kappa shape index (κ3) is 3.37. The fourth-order valence-electron chi connectivity index (χ4n) is 2.66. The van der Waals surface area contributed by atoms with E-state index in [4.69, 9.17) is 4.74 Å². The fourth-order valence-corrected chi connectivity index (χ4v) is 3.56. The first-order chi connectivity index (χ1) is 13.0. The van der Waals surface area contributed by atoms with Crippen LogP contribution in [0.1, 0.15) is 18.1 Å². The van der Waals surface area contributed by atoms with Gasteiger partial charge in [-0.25, -0.2) is 0 Å². The number of aryl methyl sites for hydroxylation is 1. The van der Waals surface area contributed by atoms with Gasteiger partial charge in [-0.05, 0) is 30.7 Å². The zero-order valence-corrected chi connectivity index (χ0v) is 15.5. The van der Waals surface area contributed by atoms with Gasteiger partial charge in [-0.3, -0.25) is 9.59 Å². The molecule has 134 valence electrons. The van der Waals surface area contributed by atoms with Crippen LogP contribution in [-0.4, -0.2) is 20.6 Å². The first-order valence-electron chi connectivity index (χ1n) is 8.27. The second-order valence-electron chi connectivity index (χ2n) is 6.05. The highest BCUT2D eigenvalue weighted by molar-refractivity contribution is 7.15. The second kappa shape index (κ2) is 6.77. The summed E-state index contributed by atoms with van der Waals surface area (Å²) in [5.41, 5.74) is 2.45. The predicted octanol–water partition coefficient (Wildman–Crippen LogP) is 2.60. The third-order valence-corrected chi connectivity index (χ3v) is 4.90. The van der Waals surface area contributed by atoms with E-state index in [1.165, 1.54) is 22.8 Å². The maximum Gasteiger partial charge on any atom is 0.308 e. The van der Waals surface area contributed by atoms with Gasteiger partial charge in [-0.1, -0.05) is 53.3 Å². The summed E-state index contributed by atoms with van der Waals surface area (Å²) in [6, 6.07) is 14.9. The Kier molecular flexibility index (Phi) is 4.29. The van der Waals surface area contributed by atoms with Gasteiger partial charge in [0.2, 0.25) is 4.96 Å². The Labute approximate surface area is 158 Å². The number of aromatic nitrogens is 3. The van der Waals surface area contributed by atoms with Crippen LogP contribution in [0, 0.1) is 6.92 Å². The summed E-state index contributed by atoms with van der Waals surface area (Å²) in [6.07, 6.45) is 1.83. The molecule has 2 heterocycles. The Morgan fingerprint density at radius 2 is 1.89 bits per heavy atom. The molecule has 27 heavy (non-hydrogen) atoms. The summed E-state index contributed by atoms with van der Waals surface area (Å²) < 4.78 is 7.05. The molecule has 0 atom stereocenters. The number of hydrogen-bond acceptors (Lipinski definition) is 6. The van der Waals surface area contributed by atoms with Crippen LogP contribution < -0.4 is 14.8 Å².